The van der Waals surface area contributed by atoms with Crippen molar-refractivity contribution in [2.24, 2.45) is 4.99 Å². The van der Waals surface area contributed by atoms with E-state index < -0.39 is 0 Å². The molecular weight excluding hydrogens is 606 g/mol. The lowest BCUT2D eigenvalue weighted by Gasteiger charge is -2.11. The van der Waals surface area contributed by atoms with E-state index in [-0.39, 0.29) is 5.91 Å². The molecule has 3 aromatic rings. The van der Waals surface area contributed by atoms with Crippen molar-refractivity contribution in [2.45, 2.75) is 6.61 Å². The predicted molar refractivity (Wildman–Crippen MR) is 148 cm³/mol. The second-order valence-electron chi connectivity index (χ2n) is 7.30. The Labute approximate surface area is 225 Å². The van der Waals surface area contributed by atoms with Gasteiger partial charge in [0.15, 0.2) is 10.9 Å². The van der Waals surface area contributed by atoms with Gasteiger partial charge >= 0.3 is 0 Å². The summed E-state index contributed by atoms with van der Waals surface area (Å²) in [7, 11) is 3.30. The number of amides is 1. The first kappa shape index (κ1) is 24.9. The zero-order chi connectivity index (χ0) is 24.2. The predicted octanol–water partition coefficient (Wildman–Crippen LogP) is 7.42. The third-order valence-corrected chi connectivity index (χ3v) is 7.26. The molecule has 1 aliphatic rings. The minimum Gasteiger partial charge on any atom is -0.497 e. The van der Waals surface area contributed by atoms with E-state index in [9.17, 15) is 4.79 Å². The van der Waals surface area contributed by atoms with Gasteiger partial charge in [-0.05, 0) is 100 Å². The highest BCUT2D eigenvalue weighted by Crippen LogP contribution is 2.38. The molecule has 0 bridgehead atoms. The van der Waals surface area contributed by atoms with E-state index in [1.165, 1.54) is 16.7 Å². The first-order chi connectivity index (χ1) is 16.3. The molecule has 0 saturated carbocycles. The first-order valence-electron chi connectivity index (χ1n) is 10.1. The van der Waals surface area contributed by atoms with E-state index in [0.29, 0.717) is 38.0 Å². The number of carbonyl (C=O) groups excluding carboxylic acids is 1. The van der Waals surface area contributed by atoms with Crippen LogP contribution in [-0.2, 0) is 11.4 Å². The summed E-state index contributed by atoms with van der Waals surface area (Å²) in [6.45, 7) is 0.348. The standard InChI is InChI=1S/C25H19Cl2IN2O3S/c1-30-24(31)22(34-25(30)29-18-7-9-19(32-2)10-8-18)13-16-11-20(26)23(21(27)12-16)33-14-15-3-5-17(28)6-4-15/h3-13H,14H2,1-2H3. The van der Waals surface area contributed by atoms with Gasteiger partial charge in [0.2, 0.25) is 0 Å². The molecule has 1 fully saturated rings. The molecule has 0 radical (unpaired) electrons. The van der Waals surface area contributed by atoms with Gasteiger partial charge in [-0.25, -0.2) is 4.99 Å². The number of amidine groups is 1. The number of nitrogens with zero attached hydrogens (tertiary/aromatic N) is 2. The third-order valence-electron chi connectivity index (χ3n) is 4.92. The van der Waals surface area contributed by atoms with Crippen LogP contribution in [-0.4, -0.2) is 30.1 Å². The van der Waals surface area contributed by atoms with Crippen LogP contribution < -0.4 is 9.47 Å². The highest BCUT2D eigenvalue weighted by atomic mass is 127. The molecule has 0 aliphatic carbocycles. The average molecular weight is 625 g/mol. The van der Waals surface area contributed by atoms with Crippen molar-refractivity contribution in [3.05, 3.63) is 90.3 Å². The lowest BCUT2D eigenvalue weighted by molar-refractivity contribution is -0.121. The highest BCUT2D eigenvalue weighted by Gasteiger charge is 2.30. The number of hydrogen-bond acceptors (Lipinski definition) is 5. The Bertz CT molecular complexity index is 1260. The summed E-state index contributed by atoms with van der Waals surface area (Å²) in [6, 6.07) is 18.8. The van der Waals surface area contributed by atoms with Gasteiger partial charge in [0.05, 0.1) is 27.7 Å². The molecule has 34 heavy (non-hydrogen) atoms. The molecule has 4 rings (SSSR count). The van der Waals surface area contributed by atoms with E-state index in [1.807, 2.05) is 48.5 Å². The molecule has 5 nitrogen and oxygen atoms in total. The van der Waals surface area contributed by atoms with Crippen molar-refractivity contribution < 1.29 is 14.3 Å². The number of thioether (sulfide) groups is 1. The molecule has 1 heterocycles. The fourth-order valence-electron chi connectivity index (χ4n) is 3.11. The molecule has 1 amide bonds. The summed E-state index contributed by atoms with van der Waals surface area (Å²) in [5.41, 5.74) is 2.44. The van der Waals surface area contributed by atoms with E-state index in [4.69, 9.17) is 32.7 Å². The Morgan fingerprint density at radius 1 is 1.06 bits per heavy atom. The van der Waals surface area contributed by atoms with E-state index in [2.05, 4.69) is 27.6 Å². The van der Waals surface area contributed by atoms with Gasteiger partial charge in [0.25, 0.3) is 5.91 Å². The molecule has 0 aromatic heterocycles. The summed E-state index contributed by atoms with van der Waals surface area (Å²) in [5, 5.41) is 1.33. The molecule has 9 heteroatoms. The van der Waals surface area contributed by atoms with Crippen LogP contribution >= 0.6 is 57.6 Å². The lowest BCUT2D eigenvalue weighted by Crippen LogP contribution is -2.23. The number of carbonyl (C=O) groups is 1. The van der Waals surface area contributed by atoms with Crippen LogP contribution in [0.15, 0.2) is 70.6 Å². The monoisotopic (exact) mass is 624 g/mol. The van der Waals surface area contributed by atoms with Gasteiger partial charge < -0.3 is 9.47 Å². The van der Waals surface area contributed by atoms with Crippen molar-refractivity contribution in [3.63, 3.8) is 0 Å². The molecule has 0 N–H and O–H groups in total. The van der Waals surface area contributed by atoms with E-state index in [0.717, 1.165) is 20.6 Å². The van der Waals surface area contributed by atoms with E-state index >= 15 is 0 Å². The molecule has 0 unspecified atom stereocenters. The lowest BCUT2D eigenvalue weighted by atomic mass is 10.2. The van der Waals surface area contributed by atoms with Crippen molar-refractivity contribution in [3.8, 4) is 11.5 Å². The number of rotatable bonds is 6. The third kappa shape index (κ3) is 5.89. The van der Waals surface area contributed by atoms with Gasteiger partial charge in [0, 0.05) is 10.6 Å². The molecule has 174 valence electrons. The summed E-state index contributed by atoms with van der Waals surface area (Å²) in [6.07, 6.45) is 1.75. The number of aliphatic imine (C=N–C) groups is 1. The van der Waals surface area contributed by atoms with Crippen LogP contribution in [0.25, 0.3) is 6.08 Å². The fourth-order valence-corrected chi connectivity index (χ4v) is 5.07. The Morgan fingerprint density at radius 3 is 2.32 bits per heavy atom. The second-order valence-corrected chi connectivity index (χ2v) is 10.4. The van der Waals surface area contributed by atoms with Gasteiger partial charge in [-0.2, -0.15) is 0 Å². The summed E-state index contributed by atoms with van der Waals surface area (Å²) in [5.74, 6) is 1.00. The van der Waals surface area contributed by atoms with Crippen LogP contribution in [0, 0.1) is 3.57 Å². The maximum atomic E-state index is 12.8. The summed E-state index contributed by atoms with van der Waals surface area (Å²) in [4.78, 5) is 19.4. The van der Waals surface area contributed by atoms with Crippen LogP contribution in [0.5, 0.6) is 11.5 Å². The molecular formula is C25H19Cl2IN2O3S. The van der Waals surface area contributed by atoms with Gasteiger partial charge in [-0.3, -0.25) is 9.69 Å². The van der Waals surface area contributed by atoms with Crippen molar-refractivity contribution in [1.29, 1.82) is 0 Å². The van der Waals surface area contributed by atoms with Crippen LogP contribution in [0.3, 0.4) is 0 Å². The molecule has 1 aliphatic heterocycles. The van der Waals surface area contributed by atoms with Crippen LogP contribution in [0.1, 0.15) is 11.1 Å². The number of benzene rings is 3. The van der Waals surface area contributed by atoms with Crippen molar-refractivity contribution in [2.75, 3.05) is 14.2 Å². The number of likely N-dealkylation sites (N-methyl/N-ethyl adjacent to an activating group) is 1. The number of methoxy groups -OCH3 is 1. The zero-order valence-corrected chi connectivity index (χ0v) is 22.7. The van der Waals surface area contributed by atoms with Gasteiger partial charge in [-0.15, -0.1) is 0 Å². The maximum absolute atomic E-state index is 12.8. The Kier molecular flexibility index (Phi) is 8.08. The maximum Gasteiger partial charge on any atom is 0.266 e. The minimum atomic E-state index is -0.149. The number of hydrogen-bond donors (Lipinski definition) is 0. The van der Waals surface area contributed by atoms with Crippen molar-refractivity contribution in [1.82, 2.24) is 4.90 Å². The molecule has 3 aromatic carbocycles. The minimum absolute atomic E-state index is 0.149. The Morgan fingerprint density at radius 2 is 1.71 bits per heavy atom. The smallest absolute Gasteiger partial charge is 0.266 e. The molecule has 1 saturated heterocycles. The zero-order valence-electron chi connectivity index (χ0n) is 18.2. The quantitative estimate of drug-likeness (QED) is 0.212. The first-order valence-corrected chi connectivity index (χ1v) is 12.8. The largest absolute Gasteiger partial charge is 0.497 e. The second kappa shape index (κ2) is 11.0. The molecule has 0 atom stereocenters. The normalized spacial score (nSPS) is 15.9. The Hall–Kier alpha value is -2.20. The van der Waals surface area contributed by atoms with Crippen molar-refractivity contribution >= 4 is 80.4 Å². The molecule has 0 spiro atoms. The Balaban J connectivity index is 1.51. The number of ether oxygens (including phenoxy) is 2. The van der Waals surface area contributed by atoms with E-state index in [1.54, 1.807) is 32.4 Å². The number of halogens is 3. The van der Waals surface area contributed by atoms with Gasteiger partial charge in [0.1, 0.15) is 12.4 Å². The van der Waals surface area contributed by atoms with Crippen LogP contribution in [0.2, 0.25) is 10.0 Å². The summed E-state index contributed by atoms with van der Waals surface area (Å²) >= 11 is 16.5. The topological polar surface area (TPSA) is 51.1 Å². The summed E-state index contributed by atoms with van der Waals surface area (Å²) < 4.78 is 12.2. The van der Waals surface area contributed by atoms with Gasteiger partial charge in [-0.1, -0.05) is 35.3 Å². The fraction of sp³-hybridized carbons (Fsp3) is 0.120. The van der Waals surface area contributed by atoms with Crippen LogP contribution in [0.4, 0.5) is 5.69 Å². The average Bonchev–Trinajstić information content (AvgIpc) is 3.08. The SMILES string of the molecule is COc1ccc(N=C2SC(=Cc3cc(Cl)c(OCc4ccc(I)cc4)c(Cl)c3)C(=O)N2C)cc1. The highest BCUT2D eigenvalue weighted by molar-refractivity contribution is 14.1.